The van der Waals surface area contributed by atoms with Crippen molar-refractivity contribution in [3.8, 4) is 0 Å². The van der Waals surface area contributed by atoms with Crippen molar-refractivity contribution < 1.29 is 9.59 Å². The second-order valence-corrected chi connectivity index (χ2v) is 5.55. The zero-order valence-electron chi connectivity index (χ0n) is 12.5. The highest BCUT2D eigenvalue weighted by atomic mass is 32.2. The summed E-state index contributed by atoms with van der Waals surface area (Å²) in [5.41, 5.74) is 0.565. The van der Waals surface area contributed by atoms with E-state index in [1.807, 2.05) is 19.4 Å². The van der Waals surface area contributed by atoms with Gasteiger partial charge in [0.25, 0.3) is 5.91 Å². The molecule has 0 saturated heterocycles. The monoisotopic (exact) mass is 309 g/mol. The van der Waals surface area contributed by atoms with Gasteiger partial charge in [-0.05, 0) is 37.6 Å². The third kappa shape index (κ3) is 6.64. The van der Waals surface area contributed by atoms with E-state index in [9.17, 15) is 9.59 Å². The molecule has 2 amide bonds. The van der Waals surface area contributed by atoms with Crippen LogP contribution in [0.5, 0.6) is 0 Å². The second kappa shape index (κ2) is 10.2. The number of benzene rings is 1. The summed E-state index contributed by atoms with van der Waals surface area (Å²) < 4.78 is 0. The molecule has 0 bridgehead atoms. The van der Waals surface area contributed by atoms with Crippen LogP contribution in [0, 0.1) is 0 Å². The Morgan fingerprint density at radius 2 is 1.90 bits per heavy atom. The summed E-state index contributed by atoms with van der Waals surface area (Å²) in [5.74, 6) is 0.466. The minimum atomic E-state index is -0.498. The third-order valence-corrected chi connectivity index (χ3v) is 3.59. The molecule has 0 aliphatic carbocycles. The van der Waals surface area contributed by atoms with E-state index in [0.717, 1.165) is 5.75 Å². The van der Waals surface area contributed by atoms with Crippen LogP contribution in [0.3, 0.4) is 0 Å². The Bertz CT molecular complexity index is 440. The Hall–Kier alpha value is -1.53. The van der Waals surface area contributed by atoms with Crippen molar-refractivity contribution in [2.45, 2.75) is 12.5 Å². The molecule has 0 aliphatic rings. The summed E-state index contributed by atoms with van der Waals surface area (Å²) in [6.45, 7) is 1.25. The molecule has 0 aliphatic heterocycles. The quantitative estimate of drug-likeness (QED) is 0.592. The van der Waals surface area contributed by atoms with E-state index < -0.39 is 6.04 Å². The number of likely N-dealkylation sites (N-methyl/N-ethyl adjacent to an activating group) is 1. The summed E-state index contributed by atoms with van der Waals surface area (Å²) in [6.07, 6.45) is 2.60. The summed E-state index contributed by atoms with van der Waals surface area (Å²) >= 11 is 1.65. The van der Waals surface area contributed by atoms with E-state index in [1.54, 1.807) is 36.0 Å². The van der Waals surface area contributed by atoms with Gasteiger partial charge in [0.1, 0.15) is 6.04 Å². The van der Waals surface area contributed by atoms with Crippen LogP contribution >= 0.6 is 11.8 Å². The number of carbonyl (C=O) groups is 2. The van der Waals surface area contributed by atoms with Gasteiger partial charge in [0, 0.05) is 18.7 Å². The fourth-order valence-corrected chi connectivity index (χ4v) is 2.24. The van der Waals surface area contributed by atoms with Gasteiger partial charge in [-0.2, -0.15) is 11.8 Å². The first-order valence-corrected chi connectivity index (χ1v) is 8.35. The van der Waals surface area contributed by atoms with Gasteiger partial charge < -0.3 is 16.0 Å². The number of hydrogen-bond donors (Lipinski definition) is 3. The molecule has 0 aromatic heterocycles. The SMILES string of the molecule is CNCCNC(=O)C(CCSC)NC(=O)c1ccccc1. The molecule has 21 heavy (non-hydrogen) atoms. The Labute approximate surface area is 130 Å². The van der Waals surface area contributed by atoms with Crippen LogP contribution in [-0.2, 0) is 4.79 Å². The zero-order valence-corrected chi connectivity index (χ0v) is 13.3. The molecular weight excluding hydrogens is 286 g/mol. The fraction of sp³-hybridized carbons (Fsp3) is 0.467. The van der Waals surface area contributed by atoms with Crippen molar-refractivity contribution >= 4 is 23.6 Å². The van der Waals surface area contributed by atoms with Crippen LogP contribution < -0.4 is 16.0 Å². The molecule has 0 fully saturated rings. The highest BCUT2D eigenvalue weighted by Crippen LogP contribution is 2.04. The number of carbonyl (C=O) groups excluding carboxylic acids is 2. The van der Waals surface area contributed by atoms with Gasteiger partial charge in [-0.1, -0.05) is 18.2 Å². The Morgan fingerprint density at radius 3 is 2.52 bits per heavy atom. The lowest BCUT2D eigenvalue weighted by atomic mass is 10.1. The average molecular weight is 309 g/mol. The van der Waals surface area contributed by atoms with Crippen LogP contribution in [0.1, 0.15) is 16.8 Å². The van der Waals surface area contributed by atoms with Crippen molar-refractivity contribution in [2.75, 3.05) is 32.1 Å². The predicted octanol–water partition coefficient (Wildman–Crippen LogP) is 0.874. The summed E-state index contributed by atoms with van der Waals surface area (Å²) in [7, 11) is 1.83. The van der Waals surface area contributed by atoms with Gasteiger partial charge in [-0.25, -0.2) is 0 Å². The summed E-state index contributed by atoms with van der Waals surface area (Å²) in [6, 6.07) is 8.44. The average Bonchev–Trinajstić information content (AvgIpc) is 2.52. The lowest BCUT2D eigenvalue weighted by Gasteiger charge is -2.18. The first-order valence-electron chi connectivity index (χ1n) is 6.96. The van der Waals surface area contributed by atoms with Crippen molar-refractivity contribution in [3.05, 3.63) is 35.9 Å². The van der Waals surface area contributed by atoms with Crippen LogP contribution in [0.2, 0.25) is 0 Å². The third-order valence-electron chi connectivity index (χ3n) is 2.94. The van der Waals surface area contributed by atoms with Gasteiger partial charge in [0.2, 0.25) is 5.91 Å². The molecule has 1 rings (SSSR count). The molecule has 0 spiro atoms. The Kier molecular flexibility index (Phi) is 8.54. The highest BCUT2D eigenvalue weighted by molar-refractivity contribution is 7.98. The largest absolute Gasteiger partial charge is 0.353 e. The summed E-state index contributed by atoms with van der Waals surface area (Å²) in [4.78, 5) is 24.3. The van der Waals surface area contributed by atoms with Gasteiger partial charge >= 0.3 is 0 Å². The normalized spacial score (nSPS) is 11.7. The van der Waals surface area contributed by atoms with E-state index in [4.69, 9.17) is 0 Å². The van der Waals surface area contributed by atoms with E-state index in [1.165, 1.54) is 0 Å². The minimum Gasteiger partial charge on any atom is -0.353 e. The van der Waals surface area contributed by atoms with Gasteiger partial charge in [0.05, 0.1) is 0 Å². The molecule has 1 atom stereocenters. The molecule has 116 valence electrons. The predicted molar refractivity (Wildman–Crippen MR) is 87.6 cm³/mol. The summed E-state index contributed by atoms with van der Waals surface area (Å²) in [5, 5.41) is 8.60. The molecule has 6 heteroatoms. The smallest absolute Gasteiger partial charge is 0.251 e. The molecule has 1 aromatic rings. The topological polar surface area (TPSA) is 70.2 Å². The molecule has 0 saturated carbocycles. The second-order valence-electron chi connectivity index (χ2n) is 4.57. The molecule has 1 unspecified atom stereocenters. The van der Waals surface area contributed by atoms with Crippen LogP contribution in [0.25, 0.3) is 0 Å². The molecule has 0 heterocycles. The van der Waals surface area contributed by atoms with Gasteiger partial charge in [0.15, 0.2) is 0 Å². The zero-order chi connectivity index (χ0) is 15.5. The van der Waals surface area contributed by atoms with Crippen molar-refractivity contribution in [3.63, 3.8) is 0 Å². The van der Waals surface area contributed by atoms with Gasteiger partial charge in [-0.3, -0.25) is 9.59 Å². The number of thioether (sulfide) groups is 1. The van der Waals surface area contributed by atoms with E-state index >= 15 is 0 Å². The maximum atomic E-state index is 12.1. The maximum Gasteiger partial charge on any atom is 0.251 e. The molecule has 5 nitrogen and oxygen atoms in total. The minimum absolute atomic E-state index is 0.136. The van der Waals surface area contributed by atoms with Crippen LogP contribution in [0.4, 0.5) is 0 Å². The van der Waals surface area contributed by atoms with E-state index in [-0.39, 0.29) is 11.8 Å². The Balaban J connectivity index is 2.60. The van der Waals surface area contributed by atoms with Crippen molar-refractivity contribution in [1.29, 1.82) is 0 Å². The van der Waals surface area contributed by atoms with Crippen LogP contribution in [-0.4, -0.2) is 50.0 Å². The van der Waals surface area contributed by atoms with Gasteiger partial charge in [-0.15, -0.1) is 0 Å². The molecule has 0 radical (unpaired) electrons. The number of rotatable bonds is 9. The lowest BCUT2D eigenvalue weighted by molar-refractivity contribution is -0.122. The number of nitrogens with one attached hydrogen (secondary N) is 3. The lowest BCUT2D eigenvalue weighted by Crippen LogP contribution is -2.48. The first kappa shape index (κ1) is 17.5. The molecule has 3 N–H and O–H groups in total. The maximum absolute atomic E-state index is 12.1. The Morgan fingerprint density at radius 1 is 1.19 bits per heavy atom. The highest BCUT2D eigenvalue weighted by Gasteiger charge is 2.20. The van der Waals surface area contributed by atoms with E-state index in [0.29, 0.717) is 25.1 Å². The van der Waals surface area contributed by atoms with Crippen molar-refractivity contribution in [2.24, 2.45) is 0 Å². The molecule has 1 aromatic carbocycles. The number of hydrogen-bond acceptors (Lipinski definition) is 4. The first-order chi connectivity index (χ1) is 10.2. The van der Waals surface area contributed by atoms with E-state index in [2.05, 4.69) is 16.0 Å². The van der Waals surface area contributed by atoms with Crippen molar-refractivity contribution in [1.82, 2.24) is 16.0 Å². The standard InChI is InChI=1S/C15H23N3O2S/c1-16-9-10-17-15(20)13(8-11-21-2)18-14(19)12-6-4-3-5-7-12/h3-7,13,16H,8-11H2,1-2H3,(H,17,20)(H,18,19). The fourth-order valence-electron chi connectivity index (χ4n) is 1.77. The number of amides is 2. The molecular formula is C15H23N3O2S. The van der Waals surface area contributed by atoms with Crippen LogP contribution in [0.15, 0.2) is 30.3 Å².